The van der Waals surface area contributed by atoms with E-state index in [4.69, 9.17) is 15.1 Å². The largest absolute Gasteiger partial charge is 0.495 e. The van der Waals surface area contributed by atoms with E-state index in [1.165, 1.54) is 12.3 Å². The van der Waals surface area contributed by atoms with Gasteiger partial charge in [0.2, 0.25) is 5.43 Å². The molecule has 1 saturated carbocycles. The second kappa shape index (κ2) is 10.5. The first-order valence-electron chi connectivity index (χ1n) is 13.7. The Labute approximate surface area is 230 Å². The van der Waals surface area contributed by atoms with Gasteiger partial charge in [0.15, 0.2) is 6.23 Å². The molecule has 0 amide bonds. The quantitative estimate of drug-likeness (QED) is 0.360. The van der Waals surface area contributed by atoms with Gasteiger partial charge in [-0.1, -0.05) is 19.1 Å². The fraction of sp³-hybridized carbons (Fsp3) is 0.429. The number of piperazine rings is 1. The van der Waals surface area contributed by atoms with Gasteiger partial charge in [0.05, 0.1) is 17.3 Å². The highest BCUT2D eigenvalue weighted by Crippen LogP contribution is 2.38. The van der Waals surface area contributed by atoms with Crippen molar-refractivity contribution >= 4 is 35.1 Å². The van der Waals surface area contributed by atoms with E-state index in [0.29, 0.717) is 55.0 Å². The minimum Gasteiger partial charge on any atom is -0.477 e. The molecule has 0 radical (unpaired) electrons. The van der Waals surface area contributed by atoms with Crippen molar-refractivity contribution in [3.8, 4) is 5.75 Å². The number of hydrogen-bond donors (Lipinski definition) is 3. The number of carboxylic acid groups (broad SMARTS) is 1. The highest BCUT2D eigenvalue weighted by atomic mass is 19.1. The van der Waals surface area contributed by atoms with Gasteiger partial charge in [0.1, 0.15) is 17.1 Å². The van der Waals surface area contributed by atoms with Gasteiger partial charge in [-0.05, 0) is 43.0 Å². The predicted octanol–water partition coefficient (Wildman–Crippen LogP) is 1.83. The van der Waals surface area contributed by atoms with Gasteiger partial charge >= 0.3 is 13.1 Å². The summed E-state index contributed by atoms with van der Waals surface area (Å²) in [6.07, 6.45) is 3.24. The Bertz CT molecular complexity index is 1520. The van der Waals surface area contributed by atoms with E-state index < -0.39 is 24.3 Å². The number of fused-ring (bicyclic) bond motifs is 2. The number of carbonyl (C=O) groups is 1. The minimum atomic E-state index is -1.31. The molecule has 0 bridgehead atoms. The zero-order valence-electron chi connectivity index (χ0n) is 22.3. The molecule has 2 fully saturated rings. The summed E-state index contributed by atoms with van der Waals surface area (Å²) < 4.78 is 29.2. The zero-order valence-corrected chi connectivity index (χ0v) is 22.3. The predicted molar refractivity (Wildman–Crippen MR) is 149 cm³/mol. The number of aromatic carboxylic acids is 1. The van der Waals surface area contributed by atoms with E-state index in [2.05, 4.69) is 4.90 Å². The summed E-state index contributed by atoms with van der Waals surface area (Å²) in [5, 5.41) is 20.1. The number of rotatable bonds is 8. The average molecular weight is 550 g/mol. The van der Waals surface area contributed by atoms with Crippen molar-refractivity contribution in [2.75, 3.05) is 37.6 Å². The molecule has 1 unspecified atom stereocenters. The standard InChI is InChI=1S/C28H32BFN4O6/c1-2-25(39-23-5-3-4-17-24(14-31)40-29(38)26(17)23)33-10-8-32(9-11-33)22-13-21-18(12-20(22)30)27(35)19(28(36)37)15-34(21)16-6-7-16/h3-5,12-13,15-16,24-25,38H,2,6-11,14,31H2,1H3,(H,36,37)/t24-,25?/m1/s1. The summed E-state index contributed by atoms with van der Waals surface area (Å²) in [6.45, 7) is 4.59. The van der Waals surface area contributed by atoms with Crippen LogP contribution in [0, 0.1) is 5.82 Å². The third-order valence-corrected chi connectivity index (χ3v) is 8.15. The Morgan fingerprint density at radius 3 is 2.65 bits per heavy atom. The van der Waals surface area contributed by atoms with Crippen LogP contribution in [0.3, 0.4) is 0 Å². The van der Waals surface area contributed by atoms with Crippen LogP contribution in [-0.2, 0) is 4.65 Å². The molecule has 210 valence electrons. The summed E-state index contributed by atoms with van der Waals surface area (Å²) in [4.78, 5) is 28.6. The molecule has 1 aliphatic carbocycles. The number of pyridine rings is 1. The van der Waals surface area contributed by atoms with E-state index in [1.807, 2.05) is 34.6 Å². The summed E-state index contributed by atoms with van der Waals surface area (Å²) in [5.41, 5.74) is 7.19. The highest BCUT2D eigenvalue weighted by molar-refractivity contribution is 6.62. The molecule has 12 heteroatoms. The summed E-state index contributed by atoms with van der Waals surface area (Å²) in [6, 6.07) is 8.55. The number of carboxylic acids is 1. The van der Waals surface area contributed by atoms with Crippen molar-refractivity contribution in [2.24, 2.45) is 5.73 Å². The van der Waals surface area contributed by atoms with Crippen molar-refractivity contribution < 1.29 is 28.7 Å². The number of hydrogen-bond acceptors (Lipinski definition) is 8. The smallest absolute Gasteiger partial charge is 0.477 e. The van der Waals surface area contributed by atoms with Crippen LogP contribution in [0.4, 0.5) is 10.1 Å². The number of halogens is 1. The summed E-state index contributed by atoms with van der Waals surface area (Å²) in [7, 11) is -1.09. The molecule has 2 aliphatic heterocycles. The Morgan fingerprint density at radius 1 is 1.25 bits per heavy atom. The lowest BCUT2D eigenvalue weighted by Gasteiger charge is -2.40. The minimum absolute atomic E-state index is 0.0876. The first-order valence-corrected chi connectivity index (χ1v) is 13.7. The maximum Gasteiger partial charge on any atom is 0.495 e. The van der Waals surface area contributed by atoms with Gasteiger partial charge in [0.25, 0.3) is 0 Å². The maximum absolute atomic E-state index is 15.4. The second-order valence-electron chi connectivity index (χ2n) is 10.6. The number of ether oxygens (including phenoxy) is 1. The lowest BCUT2D eigenvalue weighted by molar-refractivity contribution is 0.0191. The van der Waals surface area contributed by atoms with Gasteiger partial charge in [-0.15, -0.1) is 0 Å². The van der Waals surface area contributed by atoms with E-state index in [-0.39, 0.29) is 35.9 Å². The van der Waals surface area contributed by atoms with Crippen LogP contribution in [-0.4, -0.2) is 71.6 Å². The topological polar surface area (TPSA) is 130 Å². The third-order valence-electron chi connectivity index (χ3n) is 8.15. The lowest BCUT2D eigenvalue weighted by atomic mass is 9.78. The van der Waals surface area contributed by atoms with Crippen LogP contribution < -0.4 is 26.3 Å². The molecule has 1 aromatic heterocycles. The molecular weight excluding hydrogens is 518 g/mol. The van der Waals surface area contributed by atoms with Crippen LogP contribution in [0.2, 0.25) is 0 Å². The first kappa shape index (κ1) is 26.8. The van der Waals surface area contributed by atoms with Gasteiger partial charge in [0, 0.05) is 55.8 Å². The van der Waals surface area contributed by atoms with Crippen LogP contribution in [0.5, 0.6) is 5.75 Å². The van der Waals surface area contributed by atoms with Crippen molar-refractivity contribution in [2.45, 2.75) is 44.6 Å². The number of nitrogens with two attached hydrogens (primary N) is 1. The molecular formula is C28H32BFN4O6. The molecule has 4 N–H and O–H groups in total. The van der Waals surface area contributed by atoms with Crippen LogP contribution in [0.25, 0.3) is 10.9 Å². The molecule has 2 atom stereocenters. The molecule has 3 heterocycles. The Morgan fingerprint density at radius 2 is 2.00 bits per heavy atom. The van der Waals surface area contributed by atoms with Gasteiger partial charge in [-0.3, -0.25) is 9.69 Å². The van der Waals surface area contributed by atoms with Crippen molar-refractivity contribution in [3.05, 3.63) is 63.7 Å². The fourth-order valence-electron chi connectivity index (χ4n) is 5.91. The van der Waals surface area contributed by atoms with Gasteiger partial charge < -0.3 is 34.7 Å². The van der Waals surface area contributed by atoms with E-state index in [9.17, 15) is 19.7 Å². The third kappa shape index (κ3) is 4.64. The van der Waals surface area contributed by atoms with E-state index >= 15 is 4.39 Å². The maximum atomic E-state index is 15.4. The average Bonchev–Trinajstić information content (AvgIpc) is 3.74. The van der Waals surface area contributed by atoms with Crippen molar-refractivity contribution in [1.82, 2.24) is 9.47 Å². The second-order valence-corrected chi connectivity index (χ2v) is 10.6. The Hall–Kier alpha value is -3.45. The molecule has 6 rings (SSSR count). The summed E-state index contributed by atoms with van der Waals surface area (Å²) in [5.74, 6) is -1.29. The molecule has 10 nitrogen and oxygen atoms in total. The van der Waals surface area contributed by atoms with Crippen LogP contribution in [0.15, 0.2) is 41.3 Å². The molecule has 0 spiro atoms. The molecule has 40 heavy (non-hydrogen) atoms. The summed E-state index contributed by atoms with van der Waals surface area (Å²) >= 11 is 0. The highest BCUT2D eigenvalue weighted by Gasteiger charge is 2.38. The monoisotopic (exact) mass is 550 g/mol. The molecule has 2 aromatic carbocycles. The van der Waals surface area contributed by atoms with Crippen LogP contribution in [0.1, 0.15) is 54.3 Å². The first-order chi connectivity index (χ1) is 19.3. The van der Waals surface area contributed by atoms with Gasteiger partial charge in [-0.2, -0.15) is 0 Å². The number of benzene rings is 2. The Kier molecular flexibility index (Phi) is 7.03. The number of aromatic nitrogens is 1. The fourth-order valence-corrected chi connectivity index (χ4v) is 5.91. The van der Waals surface area contributed by atoms with E-state index in [1.54, 1.807) is 6.07 Å². The van der Waals surface area contributed by atoms with E-state index in [0.717, 1.165) is 18.4 Å². The van der Waals surface area contributed by atoms with Crippen LogP contribution >= 0.6 is 0 Å². The number of nitrogens with zero attached hydrogens (tertiary/aromatic N) is 3. The van der Waals surface area contributed by atoms with Crippen molar-refractivity contribution in [3.63, 3.8) is 0 Å². The normalized spacial score (nSPS) is 20.1. The molecule has 3 aliphatic rings. The molecule has 3 aromatic rings. The van der Waals surface area contributed by atoms with Crippen molar-refractivity contribution in [1.29, 1.82) is 0 Å². The SMILES string of the molecule is CCC(Oc1cccc2c1B(O)O[C@@H]2CN)N1CCN(c2cc3c(cc2F)c(=O)c(C(=O)O)cn3C2CC2)CC1. The van der Waals surface area contributed by atoms with Gasteiger partial charge in [-0.25, -0.2) is 9.18 Å². The molecule has 1 saturated heterocycles. The Balaban J connectivity index is 1.22. The lowest BCUT2D eigenvalue weighted by Crippen LogP contribution is -2.52. The zero-order chi connectivity index (χ0) is 28.1. The number of anilines is 1.